The minimum atomic E-state index is -0.483. The number of thioether (sulfide) groups is 1. The van der Waals surface area contributed by atoms with Crippen molar-refractivity contribution < 1.29 is 9.53 Å². The van der Waals surface area contributed by atoms with Gasteiger partial charge in [0.25, 0.3) is 0 Å². The number of nitrogens with one attached hydrogen (secondary N) is 2. The lowest BCUT2D eigenvalue weighted by molar-refractivity contribution is 0.0636. The first-order valence-electron chi connectivity index (χ1n) is 6.73. The van der Waals surface area contributed by atoms with Gasteiger partial charge in [-0.15, -0.1) is 0 Å². The molecule has 20 heavy (non-hydrogen) atoms. The number of carbonyl (C=O) groups is 1. The molecule has 1 aromatic carbocycles. The highest BCUT2D eigenvalue weighted by atomic mass is 32.2. The van der Waals surface area contributed by atoms with Gasteiger partial charge < -0.3 is 10.1 Å². The first-order valence-corrected chi connectivity index (χ1v) is 8.13. The Morgan fingerprint density at radius 2 is 1.80 bits per heavy atom. The highest BCUT2D eigenvalue weighted by Gasteiger charge is 2.15. The number of amides is 1. The highest BCUT2D eigenvalue weighted by Crippen LogP contribution is 2.15. The molecular weight excluding hydrogens is 272 g/mol. The van der Waals surface area contributed by atoms with Gasteiger partial charge in [-0.05, 0) is 63.5 Å². The van der Waals surface area contributed by atoms with E-state index in [-0.39, 0.29) is 0 Å². The maximum absolute atomic E-state index is 11.6. The Bertz CT molecular complexity index is 413. The zero-order chi connectivity index (χ0) is 15.0. The van der Waals surface area contributed by atoms with E-state index in [1.54, 1.807) is 0 Å². The van der Waals surface area contributed by atoms with Crippen LogP contribution in [0.15, 0.2) is 24.3 Å². The lowest BCUT2D eigenvalue weighted by atomic mass is 10.2. The number of rotatable bonds is 6. The number of hydrogen-bond acceptors (Lipinski definition) is 4. The molecule has 0 bridgehead atoms. The summed E-state index contributed by atoms with van der Waals surface area (Å²) >= 11 is 1.85. The van der Waals surface area contributed by atoms with Crippen LogP contribution in [0.25, 0.3) is 0 Å². The Kier molecular flexibility index (Phi) is 6.71. The highest BCUT2D eigenvalue weighted by molar-refractivity contribution is 7.98. The van der Waals surface area contributed by atoms with Gasteiger partial charge in [0.05, 0.1) is 0 Å². The molecule has 0 aliphatic heterocycles. The number of benzene rings is 1. The molecule has 1 rings (SSSR count). The van der Waals surface area contributed by atoms with E-state index < -0.39 is 11.7 Å². The van der Waals surface area contributed by atoms with Gasteiger partial charge in [0.15, 0.2) is 0 Å². The molecule has 0 aromatic heterocycles. The van der Waals surface area contributed by atoms with Gasteiger partial charge in [-0.3, -0.25) is 5.32 Å². The van der Waals surface area contributed by atoms with Crippen LogP contribution in [0.3, 0.4) is 0 Å². The summed E-state index contributed by atoms with van der Waals surface area (Å²) < 4.78 is 5.20. The van der Waals surface area contributed by atoms with Gasteiger partial charge in [-0.1, -0.05) is 0 Å². The van der Waals surface area contributed by atoms with Gasteiger partial charge in [-0.25, -0.2) is 4.79 Å². The molecule has 0 spiro atoms. The van der Waals surface area contributed by atoms with Crippen LogP contribution in [0.2, 0.25) is 0 Å². The molecule has 2 N–H and O–H groups in total. The molecule has 0 unspecified atom stereocenters. The first-order chi connectivity index (χ1) is 9.40. The topological polar surface area (TPSA) is 50.4 Å². The van der Waals surface area contributed by atoms with Crippen molar-refractivity contribution in [2.45, 2.75) is 32.8 Å². The van der Waals surface area contributed by atoms with Crippen LogP contribution < -0.4 is 10.6 Å². The fraction of sp³-hybridized carbons (Fsp3) is 0.533. The maximum Gasteiger partial charge on any atom is 0.412 e. The molecule has 0 radical (unpaired) electrons. The average molecular weight is 296 g/mol. The summed E-state index contributed by atoms with van der Waals surface area (Å²) in [5.41, 5.74) is 1.30. The number of hydrogen-bond donors (Lipinski definition) is 2. The predicted octanol–water partition coefficient (Wildman–Crippen LogP) is 4.20. The van der Waals surface area contributed by atoms with Crippen LogP contribution in [0.1, 0.15) is 27.2 Å². The smallest absolute Gasteiger partial charge is 0.412 e. The summed E-state index contributed by atoms with van der Waals surface area (Å²) in [6.07, 6.45) is 2.81. The summed E-state index contributed by atoms with van der Waals surface area (Å²) in [7, 11) is 0. The maximum atomic E-state index is 11.6. The van der Waals surface area contributed by atoms with Crippen molar-refractivity contribution in [2.24, 2.45) is 0 Å². The van der Waals surface area contributed by atoms with E-state index in [4.69, 9.17) is 4.74 Å². The molecule has 0 heterocycles. The summed E-state index contributed by atoms with van der Waals surface area (Å²) in [5, 5.41) is 6.05. The second kappa shape index (κ2) is 8.04. The fourth-order valence-electron chi connectivity index (χ4n) is 1.54. The third-order valence-corrected chi connectivity index (χ3v) is 3.08. The molecule has 0 fully saturated rings. The minimum absolute atomic E-state index is 0.432. The van der Waals surface area contributed by atoms with Crippen LogP contribution >= 0.6 is 11.8 Å². The normalized spacial score (nSPS) is 11.0. The van der Waals surface area contributed by atoms with Crippen molar-refractivity contribution in [1.82, 2.24) is 0 Å². The van der Waals surface area contributed by atoms with E-state index in [1.165, 1.54) is 0 Å². The van der Waals surface area contributed by atoms with Crippen molar-refractivity contribution in [3.05, 3.63) is 24.3 Å². The summed E-state index contributed by atoms with van der Waals surface area (Å²) in [5.74, 6) is 1.16. The third-order valence-electron chi connectivity index (χ3n) is 2.38. The Balaban J connectivity index is 2.40. The van der Waals surface area contributed by atoms with E-state index in [0.717, 1.165) is 30.1 Å². The van der Waals surface area contributed by atoms with Gasteiger partial charge in [-0.2, -0.15) is 11.8 Å². The molecule has 0 atom stereocenters. The monoisotopic (exact) mass is 296 g/mol. The van der Waals surface area contributed by atoms with Crippen molar-refractivity contribution in [2.75, 3.05) is 29.2 Å². The average Bonchev–Trinajstić information content (AvgIpc) is 2.34. The summed E-state index contributed by atoms with van der Waals surface area (Å²) in [6.45, 7) is 6.48. The standard InChI is InChI=1S/C15H24N2O2S/c1-15(2,3)19-14(18)17-13-8-6-12(7-9-13)16-10-5-11-20-4/h6-9,16H,5,10-11H2,1-4H3,(H,17,18). The van der Waals surface area contributed by atoms with Crippen molar-refractivity contribution in [3.8, 4) is 0 Å². The fourth-order valence-corrected chi connectivity index (χ4v) is 1.98. The zero-order valence-electron chi connectivity index (χ0n) is 12.7. The van der Waals surface area contributed by atoms with E-state index in [9.17, 15) is 4.79 Å². The number of anilines is 2. The van der Waals surface area contributed by atoms with Gasteiger partial charge >= 0.3 is 6.09 Å². The minimum Gasteiger partial charge on any atom is -0.444 e. The predicted molar refractivity (Wildman–Crippen MR) is 87.8 cm³/mol. The number of carbonyl (C=O) groups excluding carboxylic acids is 1. The third kappa shape index (κ3) is 7.28. The Labute approximate surface area is 125 Å². The molecule has 0 saturated heterocycles. The zero-order valence-corrected chi connectivity index (χ0v) is 13.5. The largest absolute Gasteiger partial charge is 0.444 e. The van der Waals surface area contributed by atoms with E-state index in [1.807, 2.05) is 56.8 Å². The quantitative estimate of drug-likeness (QED) is 0.773. The molecule has 0 aliphatic carbocycles. The molecule has 5 heteroatoms. The Morgan fingerprint density at radius 1 is 1.20 bits per heavy atom. The molecule has 1 amide bonds. The molecule has 0 aliphatic rings. The van der Waals surface area contributed by atoms with Crippen LogP contribution in [-0.4, -0.2) is 30.2 Å². The number of ether oxygens (including phenoxy) is 1. The van der Waals surface area contributed by atoms with Crippen LogP contribution in [0, 0.1) is 0 Å². The lowest BCUT2D eigenvalue weighted by Crippen LogP contribution is -2.27. The molecular formula is C15H24N2O2S. The van der Waals surface area contributed by atoms with Gasteiger partial charge in [0.1, 0.15) is 5.60 Å². The van der Waals surface area contributed by atoms with Crippen LogP contribution in [0.4, 0.5) is 16.2 Å². The summed E-state index contributed by atoms with van der Waals surface area (Å²) in [6, 6.07) is 7.62. The van der Waals surface area contributed by atoms with Crippen molar-refractivity contribution >= 4 is 29.2 Å². The molecule has 0 saturated carbocycles. The van der Waals surface area contributed by atoms with E-state index >= 15 is 0 Å². The van der Waals surface area contributed by atoms with Gasteiger partial charge in [0, 0.05) is 17.9 Å². The molecule has 112 valence electrons. The van der Waals surface area contributed by atoms with Crippen molar-refractivity contribution in [1.29, 1.82) is 0 Å². The van der Waals surface area contributed by atoms with Crippen LogP contribution in [0.5, 0.6) is 0 Å². The Morgan fingerprint density at radius 3 is 2.35 bits per heavy atom. The van der Waals surface area contributed by atoms with E-state index in [0.29, 0.717) is 0 Å². The summed E-state index contributed by atoms with van der Waals surface area (Å²) in [4.78, 5) is 11.6. The SMILES string of the molecule is CSCCCNc1ccc(NC(=O)OC(C)(C)C)cc1. The molecule has 1 aromatic rings. The second-order valence-corrected chi connectivity index (χ2v) is 6.46. The first kappa shape index (κ1) is 16.7. The lowest BCUT2D eigenvalue weighted by Gasteiger charge is -2.19. The van der Waals surface area contributed by atoms with Crippen LogP contribution in [-0.2, 0) is 4.74 Å². The Hall–Kier alpha value is -1.36. The van der Waals surface area contributed by atoms with E-state index in [2.05, 4.69) is 16.9 Å². The second-order valence-electron chi connectivity index (χ2n) is 5.48. The van der Waals surface area contributed by atoms with Gasteiger partial charge in [0.2, 0.25) is 0 Å². The molecule has 4 nitrogen and oxygen atoms in total. The van der Waals surface area contributed by atoms with Crippen molar-refractivity contribution in [3.63, 3.8) is 0 Å².